The van der Waals surface area contributed by atoms with E-state index >= 15 is 0 Å². The minimum atomic E-state index is -0.914. The Labute approximate surface area is 181 Å². The summed E-state index contributed by atoms with van der Waals surface area (Å²) in [4.78, 5) is 30.9. The first-order valence-electron chi connectivity index (χ1n) is 10.6. The predicted octanol–water partition coefficient (Wildman–Crippen LogP) is 2.27. The smallest absolute Gasteiger partial charge is 0.257 e. The van der Waals surface area contributed by atoms with Crippen molar-refractivity contribution in [2.45, 2.75) is 24.6 Å². The Kier molecular flexibility index (Phi) is 5.44. The van der Waals surface area contributed by atoms with Crippen LogP contribution in [0.5, 0.6) is 0 Å². The first-order valence-corrected chi connectivity index (χ1v) is 10.6. The van der Waals surface area contributed by atoms with Crippen LogP contribution in [-0.2, 0) is 22.6 Å². The van der Waals surface area contributed by atoms with E-state index in [0.717, 1.165) is 23.4 Å². The fraction of sp³-hybridized carbons (Fsp3) is 0.333. The summed E-state index contributed by atoms with van der Waals surface area (Å²) < 4.78 is 6.35. The molecule has 0 bridgehead atoms. The molecule has 2 aliphatic heterocycles. The minimum absolute atomic E-state index is 0.0490. The van der Waals surface area contributed by atoms with Gasteiger partial charge in [0.05, 0.1) is 12.3 Å². The summed E-state index contributed by atoms with van der Waals surface area (Å²) in [5.74, 6) is -0.0365. The minimum Gasteiger partial charge on any atom is -0.361 e. The highest BCUT2D eigenvalue weighted by Gasteiger charge is 2.57. The molecule has 0 N–H and O–H groups in total. The molecule has 7 heteroatoms. The number of hydrogen-bond donors (Lipinski definition) is 0. The molecule has 7 nitrogen and oxygen atoms in total. The maximum atomic E-state index is 13.9. The van der Waals surface area contributed by atoms with Gasteiger partial charge in [0.1, 0.15) is 0 Å². The highest BCUT2D eigenvalue weighted by atomic mass is 16.5. The van der Waals surface area contributed by atoms with Crippen molar-refractivity contribution in [2.75, 3.05) is 26.2 Å². The zero-order valence-electron chi connectivity index (χ0n) is 17.3. The number of amides is 1. The van der Waals surface area contributed by atoms with E-state index in [4.69, 9.17) is 4.74 Å². The summed E-state index contributed by atoms with van der Waals surface area (Å²) >= 11 is 0. The normalized spacial score (nSPS) is 24.1. The summed E-state index contributed by atoms with van der Waals surface area (Å²) in [6.45, 7) is 3.60. The second kappa shape index (κ2) is 8.53. The molecule has 1 amide bonds. The average molecular weight is 415 g/mol. The van der Waals surface area contributed by atoms with E-state index in [9.17, 15) is 4.79 Å². The van der Waals surface area contributed by atoms with Crippen LogP contribution in [0.2, 0.25) is 0 Å². The number of pyridine rings is 3. The standard InChI is InChI=1S/C24H25N5O2/c30-23-24(31-13-12-29(23)15-19-6-10-25-11-7-19)18-28(16-21-5-1-2-9-27-21)17-22(24)20-4-3-8-26-14-20/h1-11,14,22H,12-13,15-18H2/t22-,24+/m0/s1. The van der Waals surface area contributed by atoms with Crippen molar-refractivity contribution in [3.05, 3.63) is 90.3 Å². The van der Waals surface area contributed by atoms with Gasteiger partial charge in [-0.05, 0) is 41.5 Å². The molecule has 0 aromatic carbocycles. The van der Waals surface area contributed by atoms with Gasteiger partial charge < -0.3 is 9.64 Å². The van der Waals surface area contributed by atoms with Crippen molar-refractivity contribution in [3.63, 3.8) is 0 Å². The van der Waals surface area contributed by atoms with Crippen LogP contribution in [0.3, 0.4) is 0 Å². The van der Waals surface area contributed by atoms with Gasteiger partial charge in [-0.25, -0.2) is 0 Å². The summed E-state index contributed by atoms with van der Waals surface area (Å²) in [6.07, 6.45) is 8.95. The lowest BCUT2D eigenvalue weighted by atomic mass is 9.83. The maximum absolute atomic E-state index is 13.9. The number of morpholine rings is 1. The molecule has 31 heavy (non-hydrogen) atoms. The largest absolute Gasteiger partial charge is 0.361 e. The number of carbonyl (C=O) groups excluding carboxylic acids is 1. The molecule has 0 radical (unpaired) electrons. The van der Waals surface area contributed by atoms with Crippen LogP contribution in [0.25, 0.3) is 0 Å². The van der Waals surface area contributed by atoms with E-state index in [-0.39, 0.29) is 11.8 Å². The molecule has 2 fully saturated rings. The average Bonchev–Trinajstić information content (AvgIpc) is 3.17. The molecule has 2 atom stereocenters. The Bertz CT molecular complexity index is 1020. The summed E-state index contributed by atoms with van der Waals surface area (Å²) in [6, 6.07) is 13.8. The first kappa shape index (κ1) is 19.8. The van der Waals surface area contributed by atoms with Crippen LogP contribution in [-0.4, -0.2) is 62.5 Å². The number of rotatable bonds is 5. The summed E-state index contributed by atoms with van der Waals surface area (Å²) in [5.41, 5.74) is 2.18. The van der Waals surface area contributed by atoms with Gasteiger partial charge in [0.25, 0.3) is 5.91 Å². The molecule has 0 unspecified atom stereocenters. The van der Waals surface area contributed by atoms with Crippen LogP contribution >= 0.6 is 0 Å². The molecule has 3 aromatic heterocycles. The van der Waals surface area contributed by atoms with Gasteiger partial charge in [-0.15, -0.1) is 0 Å². The number of ether oxygens (including phenoxy) is 1. The summed E-state index contributed by atoms with van der Waals surface area (Å²) in [7, 11) is 0. The quantitative estimate of drug-likeness (QED) is 0.637. The lowest BCUT2D eigenvalue weighted by Gasteiger charge is -2.42. The van der Waals surface area contributed by atoms with Crippen LogP contribution in [0, 0.1) is 0 Å². The fourth-order valence-electron chi connectivity index (χ4n) is 4.70. The van der Waals surface area contributed by atoms with E-state index in [1.165, 1.54) is 0 Å². The predicted molar refractivity (Wildman–Crippen MR) is 115 cm³/mol. The number of likely N-dealkylation sites (tertiary alicyclic amines) is 1. The third-order valence-corrected chi connectivity index (χ3v) is 6.15. The molecule has 5 heterocycles. The Morgan fingerprint density at radius 3 is 2.68 bits per heavy atom. The SMILES string of the molecule is O=C1N(Cc2ccncc2)CCO[C@@]12CN(Cc1ccccn1)C[C@H]2c1cccnc1. The summed E-state index contributed by atoms with van der Waals surface area (Å²) in [5, 5.41) is 0. The van der Waals surface area contributed by atoms with E-state index in [0.29, 0.717) is 32.8 Å². The van der Waals surface area contributed by atoms with Gasteiger partial charge in [-0.3, -0.25) is 24.6 Å². The number of hydrogen-bond acceptors (Lipinski definition) is 6. The number of aromatic nitrogens is 3. The van der Waals surface area contributed by atoms with Gasteiger partial charge in [-0.1, -0.05) is 12.1 Å². The van der Waals surface area contributed by atoms with Crippen LogP contribution in [0.1, 0.15) is 22.7 Å². The molecule has 2 saturated heterocycles. The van der Waals surface area contributed by atoms with Crippen molar-refractivity contribution >= 4 is 5.91 Å². The Morgan fingerprint density at radius 1 is 1.00 bits per heavy atom. The van der Waals surface area contributed by atoms with Crippen LogP contribution in [0.15, 0.2) is 73.4 Å². The van der Waals surface area contributed by atoms with Gasteiger partial charge in [0.2, 0.25) is 0 Å². The molecular formula is C24H25N5O2. The van der Waals surface area contributed by atoms with Gasteiger partial charge in [0, 0.05) is 69.6 Å². The topological polar surface area (TPSA) is 71.5 Å². The zero-order valence-corrected chi connectivity index (χ0v) is 17.3. The number of carbonyl (C=O) groups is 1. The number of nitrogens with zero attached hydrogens (tertiary/aromatic N) is 5. The Morgan fingerprint density at radius 2 is 1.90 bits per heavy atom. The molecule has 3 aromatic rings. The third kappa shape index (κ3) is 3.94. The highest BCUT2D eigenvalue weighted by molar-refractivity contribution is 5.88. The molecule has 5 rings (SSSR count). The van der Waals surface area contributed by atoms with Gasteiger partial charge >= 0.3 is 0 Å². The maximum Gasteiger partial charge on any atom is 0.257 e. The molecule has 0 saturated carbocycles. The highest BCUT2D eigenvalue weighted by Crippen LogP contribution is 2.42. The lowest BCUT2D eigenvalue weighted by molar-refractivity contribution is -0.173. The fourth-order valence-corrected chi connectivity index (χ4v) is 4.70. The van der Waals surface area contributed by atoms with Crippen molar-refractivity contribution in [2.24, 2.45) is 0 Å². The second-order valence-corrected chi connectivity index (χ2v) is 8.15. The molecular weight excluding hydrogens is 390 g/mol. The van der Waals surface area contributed by atoms with Crippen molar-refractivity contribution in [1.29, 1.82) is 0 Å². The van der Waals surface area contributed by atoms with E-state index in [1.807, 2.05) is 53.6 Å². The van der Waals surface area contributed by atoms with Crippen molar-refractivity contribution in [1.82, 2.24) is 24.8 Å². The van der Waals surface area contributed by atoms with Gasteiger partial charge in [-0.2, -0.15) is 0 Å². The molecule has 1 spiro atoms. The molecule has 2 aliphatic rings. The Hall–Kier alpha value is -3.16. The van der Waals surface area contributed by atoms with Crippen molar-refractivity contribution in [3.8, 4) is 0 Å². The van der Waals surface area contributed by atoms with Crippen LogP contribution < -0.4 is 0 Å². The van der Waals surface area contributed by atoms with Gasteiger partial charge in [0.15, 0.2) is 5.60 Å². The molecule has 0 aliphatic carbocycles. The van der Waals surface area contributed by atoms with E-state index in [1.54, 1.807) is 24.8 Å². The first-order chi connectivity index (χ1) is 15.2. The van der Waals surface area contributed by atoms with Crippen LogP contribution in [0.4, 0.5) is 0 Å². The van der Waals surface area contributed by atoms with E-state index < -0.39 is 5.60 Å². The third-order valence-electron chi connectivity index (χ3n) is 6.15. The Balaban J connectivity index is 1.45. The van der Waals surface area contributed by atoms with E-state index in [2.05, 4.69) is 19.9 Å². The lowest BCUT2D eigenvalue weighted by Crippen LogP contribution is -2.59. The zero-order chi connectivity index (χ0) is 21.1. The molecule has 158 valence electrons. The second-order valence-electron chi connectivity index (χ2n) is 8.15. The van der Waals surface area contributed by atoms with Crippen molar-refractivity contribution < 1.29 is 9.53 Å². The monoisotopic (exact) mass is 415 g/mol.